The molecule has 1 saturated heterocycles. The molecule has 0 spiro atoms. The highest BCUT2D eigenvalue weighted by atomic mass is 16.5. The van der Waals surface area contributed by atoms with Gasteiger partial charge in [0, 0.05) is 25.9 Å². The molecule has 1 amide bonds. The van der Waals surface area contributed by atoms with Crippen molar-refractivity contribution in [1.82, 2.24) is 15.0 Å². The van der Waals surface area contributed by atoms with Crippen molar-refractivity contribution in [2.45, 2.75) is 25.7 Å². The second-order valence-corrected chi connectivity index (χ2v) is 4.74. The minimum absolute atomic E-state index is 0.0742. The number of carbonyl (C=O) groups excluding carboxylic acids is 1. The van der Waals surface area contributed by atoms with Gasteiger partial charge in [-0.1, -0.05) is 5.16 Å². The second-order valence-electron chi connectivity index (χ2n) is 4.74. The second kappa shape index (κ2) is 4.87. The molecule has 100 valence electrons. The Balaban J connectivity index is 1.73. The number of rotatable bonds is 2. The van der Waals surface area contributed by atoms with Crippen molar-refractivity contribution in [2.24, 2.45) is 0 Å². The first-order valence-electron chi connectivity index (χ1n) is 6.37. The Morgan fingerprint density at radius 2 is 2.42 bits per heavy atom. The van der Waals surface area contributed by atoms with Gasteiger partial charge < -0.3 is 13.8 Å². The fraction of sp³-hybridized carbons (Fsp3) is 0.462. The van der Waals surface area contributed by atoms with E-state index >= 15 is 0 Å². The van der Waals surface area contributed by atoms with Crippen LogP contribution in [-0.2, 0) is 0 Å². The zero-order valence-electron chi connectivity index (χ0n) is 10.7. The number of aromatic nitrogens is 2. The van der Waals surface area contributed by atoms with E-state index in [9.17, 15) is 4.79 Å². The topological polar surface area (TPSA) is 72.4 Å². The first-order valence-corrected chi connectivity index (χ1v) is 6.37. The molecule has 3 rings (SSSR count). The van der Waals surface area contributed by atoms with Gasteiger partial charge in [-0.3, -0.25) is 4.79 Å². The van der Waals surface area contributed by atoms with Crippen LogP contribution in [0.1, 0.15) is 41.0 Å². The van der Waals surface area contributed by atoms with Crippen LogP contribution in [0.25, 0.3) is 0 Å². The van der Waals surface area contributed by atoms with E-state index in [0.717, 1.165) is 19.4 Å². The summed E-state index contributed by atoms with van der Waals surface area (Å²) in [5, 5.41) is 3.95. The predicted octanol–water partition coefficient (Wildman–Crippen LogP) is 1.99. The molecular weight excluding hydrogens is 246 g/mol. The molecule has 3 heterocycles. The van der Waals surface area contributed by atoms with E-state index in [-0.39, 0.29) is 11.8 Å². The Morgan fingerprint density at radius 3 is 3.11 bits per heavy atom. The highest BCUT2D eigenvalue weighted by Gasteiger charge is 2.29. The lowest BCUT2D eigenvalue weighted by molar-refractivity contribution is 0.0671. The Morgan fingerprint density at radius 1 is 1.53 bits per heavy atom. The van der Waals surface area contributed by atoms with Gasteiger partial charge in [0.05, 0.1) is 6.26 Å². The molecule has 1 aliphatic heterocycles. The fourth-order valence-corrected chi connectivity index (χ4v) is 2.41. The summed E-state index contributed by atoms with van der Waals surface area (Å²) in [6.45, 7) is 3.12. The molecule has 6 nitrogen and oxygen atoms in total. The largest absolute Gasteiger partial charge is 0.459 e. The maximum Gasteiger partial charge on any atom is 0.289 e. The highest BCUT2D eigenvalue weighted by Crippen LogP contribution is 2.25. The summed E-state index contributed by atoms with van der Waals surface area (Å²) in [7, 11) is 0. The number of piperidine rings is 1. The molecule has 0 radical (unpaired) electrons. The van der Waals surface area contributed by atoms with Crippen molar-refractivity contribution in [3.8, 4) is 0 Å². The predicted molar refractivity (Wildman–Crippen MR) is 65.6 cm³/mol. The van der Waals surface area contributed by atoms with E-state index in [1.54, 1.807) is 24.0 Å². The van der Waals surface area contributed by atoms with Gasteiger partial charge in [0.25, 0.3) is 5.91 Å². The van der Waals surface area contributed by atoms with E-state index < -0.39 is 0 Å². The van der Waals surface area contributed by atoms with Crippen LogP contribution in [-0.4, -0.2) is 34.0 Å². The molecule has 0 aromatic carbocycles. The van der Waals surface area contributed by atoms with Crippen molar-refractivity contribution in [1.29, 1.82) is 0 Å². The van der Waals surface area contributed by atoms with Gasteiger partial charge in [-0.2, -0.15) is 4.98 Å². The average Bonchev–Trinajstić information content (AvgIpc) is 3.09. The lowest BCUT2D eigenvalue weighted by Gasteiger charge is -2.30. The van der Waals surface area contributed by atoms with Crippen molar-refractivity contribution < 1.29 is 13.7 Å². The van der Waals surface area contributed by atoms with Crippen molar-refractivity contribution in [3.63, 3.8) is 0 Å². The Kier molecular flexibility index (Phi) is 3.06. The van der Waals surface area contributed by atoms with Crippen LogP contribution in [0, 0.1) is 6.92 Å². The normalized spacial score (nSPS) is 19.6. The van der Waals surface area contributed by atoms with E-state index in [1.807, 2.05) is 0 Å². The summed E-state index contributed by atoms with van der Waals surface area (Å²) < 4.78 is 10.2. The van der Waals surface area contributed by atoms with E-state index in [2.05, 4.69) is 10.1 Å². The zero-order chi connectivity index (χ0) is 13.2. The fourth-order valence-electron chi connectivity index (χ4n) is 2.41. The third-order valence-electron chi connectivity index (χ3n) is 3.35. The molecule has 19 heavy (non-hydrogen) atoms. The lowest BCUT2D eigenvalue weighted by atomic mass is 9.97. The monoisotopic (exact) mass is 261 g/mol. The third kappa shape index (κ3) is 2.38. The maximum absolute atomic E-state index is 12.2. The quantitative estimate of drug-likeness (QED) is 0.826. The van der Waals surface area contributed by atoms with Crippen LogP contribution in [0.3, 0.4) is 0 Å². The molecule has 6 heteroatoms. The van der Waals surface area contributed by atoms with Crippen LogP contribution < -0.4 is 0 Å². The minimum Gasteiger partial charge on any atom is -0.459 e. The Labute approximate surface area is 110 Å². The van der Waals surface area contributed by atoms with E-state index in [4.69, 9.17) is 8.94 Å². The molecule has 2 aromatic rings. The minimum atomic E-state index is -0.0742. The van der Waals surface area contributed by atoms with Gasteiger partial charge in [-0.25, -0.2) is 0 Å². The molecule has 0 unspecified atom stereocenters. The highest BCUT2D eigenvalue weighted by molar-refractivity contribution is 5.91. The molecular formula is C13H15N3O3. The van der Waals surface area contributed by atoms with Gasteiger partial charge in [-0.15, -0.1) is 0 Å². The van der Waals surface area contributed by atoms with Crippen molar-refractivity contribution in [3.05, 3.63) is 35.9 Å². The van der Waals surface area contributed by atoms with Crippen LogP contribution in [0.4, 0.5) is 0 Å². The molecule has 0 bridgehead atoms. The average molecular weight is 261 g/mol. The van der Waals surface area contributed by atoms with Crippen LogP contribution in [0.15, 0.2) is 27.3 Å². The lowest BCUT2D eigenvalue weighted by Crippen LogP contribution is -2.39. The summed E-state index contributed by atoms with van der Waals surface area (Å²) in [6, 6.07) is 3.40. The Hall–Kier alpha value is -2.11. The van der Waals surface area contributed by atoms with Crippen LogP contribution in [0.2, 0.25) is 0 Å². The first kappa shape index (κ1) is 12.0. The summed E-state index contributed by atoms with van der Waals surface area (Å²) in [6.07, 6.45) is 3.42. The Bertz CT molecular complexity index is 561. The van der Waals surface area contributed by atoms with Crippen molar-refractivity contribution >= 4 is 5.91 Å². The molecule has 0 N–H and O–H groups in total. The van der Waals surface area contributed by atoms with E-state index in [0.29, 0.717) is 24.0 Å². The number of likely N-dealkylation sites (tertiary alicyclic amines) is 1. The third-order valence-corrected chi connectivity index (χ3v) is 3.35. The van der Waals surface area contributed by atoms with Gasteiger partial charge in [0.15, 0.2) is 11.6 Å². The van der Waals surface area contributed by atoms with Crippen molar-refractivity contribution in [2.75, 3.05) is 13.1 Å². The molecule has 2 aromatic heterocycles. The number of aryl methyl sites for hydroxylation is 1. The number of carbonyl (C=O) groups is 1. The summed E-state index contributed by atoms with van der Waals surface area (Å²) >= 11 is 0. The maximum atomic E-state index is 12.2. The molecule has 0 aliphatic carbocycles. The smallest absolute Gasteiger partial charge is 0.289 e. The number of nitrogens with zero attached hydrogens (tertiary/aromatic N) is 3. The van der Waals surface area contributed by atoms with Gasteiger partial charge >= 0.3 is 0 Å². The van der Waals surface area contributed by atoms with Gasteiger partial charge in [0.2, 0.25) is 5.89 Å². The van der Waals surface area contributed by atoms with Gasteiger partial charge in [-0.05, 0) is 25.0 Å². The summed E-state index contributed by atoms with van der Waals surface area (Å²) in [4.78, 5) is 18.3. The number of amides is 1. The standard InChI is InChI=1S/C13H15N3O3/c1-9-14-12(15-19-9)10-4-2-6-16(8-10)13(17)11-5-3-7-18-11/h3,5,7,10H,2,4,6,8H2,1H3/t10-/m0/s1. The summed E-state index contributed by atoms with van der Waals surface area (Å²) in [5.41, 5.74) is 0. The molecule has 1 aliphatic rings. The van der Waals surface area contributed by atoms with Crippen LogP contribution in [0.5, 0.6) is 0 Å². The molecule has 0 saturated carbocycles. The number of furan rings is 1. The molecule has 1 fully saturated rings. The van der Waals surface area contributed by atoms with Crippen LogP contribution >= 0.6 is 0 Å². The molecule has 1 atom stereocenters. The summed E-state index contributed by atoms with van der Waals surface area (Å²) in [5.74, 6) is 1.70. The number of hydrogen-bond donors (Lipinski definition) is 0. The first-order chi connectivity index (χ1) is 9.24. The van der Waals surface area contributed by atoms with E-state index in [1.165, 1.54) is 6.26 Å². The number of hydrogen-bond acceptors (Lipinski definition) is 5. The zero-order valence-corrected chi connectivity index (χ0v) is 10.7. The van der Waals surface area contributed by atoms with Gasteiger partial charge in [0.1, 0.15) is 0 Å². The SMILES string of the molecule is Cc1nc([C@H]2CCCN(C(=O)c3ccco3)C2)no1.